The average Bonchev–Trinajstić information content (AvgIpc) is 3.21. The van der Waals surface area contributed by atoms with Crippen molar-refractivity contribution in [2.75, 3.05) is 0 Å². The van der Waals surface area contributed by atoms with Gasteiger partial charge < -0.3 is 4.57 Å². The van der Waals surface area contributed by atoms with E-state index in [0.29, 0.717) is 11.3 Å². The zero-order valence-corrected chi connectivity index (χ0v) is 18.7. The van der Waals surface area contributed by atoms with Crippen LogP contribution in [0.2, 0.25) is 0 Å². The number of carbonyl (C=O) groups excluding carboxylic acids is 1. The summed E-state index contributed by atoms with van der Waals surface area (Å²) in [6, 6.07) is 14.7. The smallest absolute Gasteiger partial charge is 0.273 e. The second kappa shape index (κ2) is 8.05. The Kier molecular flexibility index (Phi) is 5.42. The summed E-state index contributed by atoms with van der Waals surface area (Å²) in [5.41, 5.74) is 8.42. The summed E-state index contributed by atoms with van der Waals surface area (Å²) in [6.45, 7) is 10.5. The van der Waals surface area contributed by atoms with Gasteiger partial charge in [0.25, 0.3) is 5.91 Å². The van der Waals surface area contributed by atoms with Gasteiger partial charge in [-0.15, -0.1) is 0 Å². The number of hydrogen-bond donors (Lipinski definition) is 1. The third-order valence-electron chi connectivity index (χ3n) is 6.11. The van der Waals surface area contributed by atoms with Crippen molar-refractivity contribution in [3.8, 4) is 0 Å². The molecule has 1 aliphatic rings. The molecule has 0 fully saturated rings. The van der Waals surface area contributed by atoms with Crippen LogP contribution < -0.4 is 5.84 Å². The summed E-state index contributed by atoms with van der Waals surface area (Å²) in [6.07, 6.45) is 5.94. The minimum absolute atomic E-state index is 0.214. The number of fused-ring (bicyclic) bond motifs is 1. The molecule has 0 atom stereocenters. The minimum atomic E-state index is -0.214. The van der Waals surface area contributed by atoms with E-state index in [2.05, 4.69) is 74.5 Å². The van der Waals surface area contributed by atoms with Crippen molar-refractivity contribution >= 4 is 28.0 Å². The van der Waals surface area contributed by atoms with E-state index in [1.54, 1.807) is 0 Å². The highest BCUT2D eigenvalue weighted by Gasteiger charge is 2.36. The third kappa shape index (κ3) is 3.33. The Labute approximate surface area is 183 Å². The molecular formula is C27H29N3O. The molecule has 31 heavy (non-hydrogen) atoms. The number of rotatable bonds is 5. The van der Waals surface area contributed by atoms with Gasteiger partial charge in [0.1, 0.15) is 0 Å². The van der Waals surface area contributed by atoms with Crippen LogP contribution in [0.25, 0.3) is 22.0 Å². The third-order valence-corrected chi connectivity index (χ3v) is 6.11. The SMILES string of the molecule is C=C1C(c2cn(C)c3ccccc23)=C(/C(=C/CC)c2cc(CC)ccc2C)C(=O)N1N. The van der Waals surface area contributed by atoms with E-state index in [0.717, 1.165) is 51.6 Å². The maximum atomic E-state index is 13.4. The molecule has 2 aromatic carbocycles. The van der Waals surface area contributed by atoms with Crippen molar-refractivity contribution in [1.82, 2.24) is 9.58 Å². The molecule has 4 rings (SSSR count). The summed E-state index contributed by atoms with van der Waals surface area (Å²) in [5, 5.41) is 2.27. The summed E-state index contributed by atoms with van der Waals surface area (Å²) in [5.74, 6) is 5.99. The highest BCUT2D eigenvalue weighted by molar-refractivity contribution is 6.23. The number of allylic oxidation sites excluding steroid dienone is 2. The Bertz CT molecular complexity index is 1270. The van der Waals surface area contributed by atoms with Crippen molar-refractivity contribution in [2.45, 2.75) is 33.6 Å². The van der Waals surface area contributed by atoms with Crippen LogP contribution in [0.4, 0.5) is 0 Å². The first kappa shape index (κ1) is 20.9. The van der Waals surface area contributed by atoms with Gasteiger partial charge in [0.15, 0.2) is 0 Å². The standard InChI is InChI=1S/C27H29N3O/c1-6-10-21(22-15-19(7-2)14-13-17(22)3)26-25(18(4)30(28)27(26)31)23-16-29(5)24-12-9-8-11-20(23)24/h8-16H,4,6-7,28H2,1-3,5H3/b21-10+. The number of hydrazine groups is 1. The number of benzene rings is 2. The highest BCUT2D eigenvalue weighted by Crippen LogP contribution is 2.44. The summed E-state index contributed by atoms with van der Waals surface area (Å²) >= 11 is 0. The van der Waals surface area contributed by atoms with Crippen molar-refractivity contribution in [3.05, 3.63) is 94.8 Å². The molecule has 3 aromatic rings. The van der Waals surface area contributed by atoms with Crippen LogP contribution in [0.15, 0.2) is 72.6 Å². The number of carbonyl (C=O) groups is 1. The molecule has 4 heteroatoms. The van der Waals surface area contributed by atoms with Crippen LogP contribution in [-0.4, -0.2) is 15.5 Å². The Morgan fingerprint density at radius 1 is 1.16 bits per heavy atom. The molecule has 0 aliphatic carbocycles. The second-order valence-electron chi connectivity index (χ2n) is 8.07. The summed E-state index contributed by atoms with van der Waals surface area (Å²) in [7, 11) is 2.02. The van der Waals surface area contributed by atoms with Gasteiger partial charge in [0, 0.05) is 35.3 Å². The Morgan fingerprint density at radius 3 is 2.61 bits per heavy atom. The zero-order valence-electron chi connectivity index (χ0n) is 18.7. The lowest BCUT2D eigenvalue weighted by atomic mass is 9.87. The number of aromatic nitrogens is 1. The summed E-state index contributed by atoms with van der Waals surface area (Å²) < 4.78 is 2.08. The molecule has 4 nitrogen and oxygen atoms in total. The number of nitrogens with two attached hydrogens (primary N) is 1. The largest absolute Gasteiger partial charge is 0.350 e. The first-order valence-electron chi connectivity index (χ1n) is 10.8. The van der Waals surface area contributed by atoms with Gasteiger partial charge in [-0.3, -0.25) is 4.79 Å². The van der Waals surface area contributed by atoms with Crippen LogP contribution in [-0.2, 0) is 18.3 Å². The molecule has 1 aliphatic heterocycles. The van der Waals surface area contributed by atoms with E-state index in [1.165, 1.54) is 10.6 Å². The van der Waals surface area contributed by atoms with E-state index < -0.39 is 0 Å². The molecule has 1 amide bonds. The molecule has 0 unspecified atom stereocenters. The Balaban J connectivity index is 2.06. The number of amides is 1. The van der Waals surface area contributed by atoms with Crippen molar-refractivity contribution in [3.63, 3.8) is 0 Å². The molecular weight excluding hydrogens is 382 g/mol. The topological polar surface area (TPSA) is 51.3 Å². The fourth-order valence-corrected chi connectivity index (χ4v) is 4.43. The van der Waals surface area contributed by atoms with Gasteiger partial charge in [-0.1, -0.05) is 62.9 Å². The molecule has 0 saturated carbocycles. The van der Waals surface area contributed by atoms with Gasteiger partial charge in [-0.05, 0) is 48.1 Å². The van der Waals surface area contributed by atoms with Gasteiger partial charge in [-0.25, -0.2) is 10.9 Å². The number of nitrogens with zero attached hydrogens (tertiary/aromatic N) is 2. The quantitative estimate of drug-likeness (QED) is 0.444. The predicted octanol–water partition coefficient (Wildman–Crippen LogP) is 5.53. The van der Waals surface area contributed by atoms with Crippen LogP contribution >= 0.6 is 0 Å². The molecule has 0 radical (unpaired) electrons. The highest BCUT2D eigenvalue weighted by atomic mass is 16.2. The van der Waals surface area contributed by atoms with Crippen LogP contribution in [0.3, 0.4) is 0 Å². The normalized spacial score (nSPS) is 15.0. The molecule has 0 spiro atoms. The van der Waals surface area contributed by atoms with Crippen LogP contribution in [0.5, 0.6) is 0 Å². The van der Waals surface area contributed by atoms with Gasteiger partial charge >= 0.3 is 0 Å². The van der Waals surface area contributed by atoms with Crippen molar-refractivity contribution in [1.29, 1.82) is 0 Å². The first-order valence-corrected chi connectivity index (χ1v) is 10.8. The van der Waals surface area contributed by atoms with E-state index in [9.17, 15) is 4.79 Å². The fraction of sp³-hybridized carbons (Fsp3) is 0.222. The van der Waals surface area contributed by atoms with E-state index in [4.69, 9.17) is 5.84 Å². The molecule has 0 saturated heterocycles. The number of para-hydroxylation sites is 1. The fourth-order valence-electron chi connectivity index (χ4n) is 4.43. The lowest BCUT2D eigenvalue weighted by Crippen LogP contribution is -2.32. The van der Waals surface area contributed by atoms with Crippen LogP contribution in [0.1, 0.15) is 42.5 Å². The molecule has 2 N–H and O–H groups in total. The first-order chi connectivity index (χ1) is 14.9. The Morgan fingerprint density at radius 2 is 1.90 bits per heavy atom. The van der Waals surface area contributed by atoms with Crippen molar-refractivity contribution in [2.24, 2.45) is 12.9 Å². The van der Waals surface area contributed by atoms with Gasteiger partial charge in [0.2, 0.25) is 0 Å². The van der Waals surface area contributed by atoms with Crippen molar-refractivity contribution < 1.29 is 4.79 Å². The number of hydrogen-bond acceptors (Lipinski definition) is 2. The van der Waals surface area contributed by atoms with E-state index >= 15 is 0 Å². The average molecular weight is 412 g/mol. The lowest BCUT2D eigenvalue weighted by Gasteiger charge is -2.15. The monoisotopic (exact) mass is 411 g/mol. The second-order valence-corrected chi connectivity index (χ2v) is 8.07. The lowest BCUT2D eigenvalue weighted by molar-refractivity contribution is -0.124. The maximum absolute atomic E-state index is 13.4. The summed E-state index contributed by atoms with van der Waals surface area (Å²) in [4.78, 5) is 13.4. The molecule has 1 aromatic heterocycles. The Hall–Kier alpha value is -3.37. The predicted molar refractivity (Wildman–Crippen MR) is 129 cm³/mol. The number of aryl methyl sites for hydroxylation is 3. The van der Waals surface area contributed by atoms with E-state index in [1.807, 2.05) is 19.2 Å². The molecule has 0 bridgehead atoms. The minimum Gasteiger partial charge on any atom is -0.350 e. The van der Waals surface area contributed by atoms with Gasteiger partial charge in [-0.2, -0.15) is 0 Å². The maximum Gasteiger partial charge on any atom is 0.273 e. The van der Waals surface area contributed by atoms with Crippen LogP contribution in [0, 0.1) is 6.92 Å². The van der Waals surface area contributed by atoms with Gasteiger partial charge in [0.05, 0.1) is 11.3 Å². The van der Waals surface area contributed by atoms with E-state index in [-0.39, 0.29) is 5.91 Å². The zero-order chi connectivity index (χ0) is 22.3. The molecule has 2 heterocycles. The molecule has 158 valence electrons.